The average molecular weight is 293 g/mol. The molecule has 0 bridgehead atoms. The van der Waals surface area contributed by atoms with Crippen molar-refractivity contribution in [1.82, 2.24) is 4.98 Å². The molecule has 1 aromatic heterocycles. The van der Waals surface area contributed by atoms with E-state index in [0.29, 0.717) is 23.7 Å². The summed E-state index contributed by atoms with van der Waals surface area (Å²) in [5.74, 6) is 1.24. The summed E-state index contributed by atoms with van der Waals surface area (Å²) in [6.07, 6.45) is 3.78. The summed E-state index contributed by atoms with van der Waals surface area (Å²) in [6, 6.07) is 7.47. The van der Waals surface area contributed by atoms with Crippen molar-refractivity contribution in [2.45, 2.75) is 19.3 Å². The first-order valence-corrected chi connectivity index (χ1v) is 7.06. The van der Waals surface area contributed by atoms with E-state index in [1.807, 2.05) is 18.2 Å². The van der Waals surface area contributed by atoms with Gasteiger partial charge >= 0.3 is 0 Å². The minimum Gasteiger partial charge on any atom is -0.497 e. The molecular formula is C15H17ClN2O2. The minimum absolute atomic E-state index is 0.0321. The standard InChI is InChI=1S/C15H17ClN2O2/c1-20-12-9-11-5-4-8-17-15(11)13(10-12)18-14(19)6-2-3-7-16/h4-5,8-10H,2-3,6-7H2,1H3,(H,18,19). The summed E-state index contributed by atoms with van der Waals surface area (Å²) >= 11 is 5.60. The van der Waals surface area contributed by atoms with Crippen molar-refractivity contribution in [3.05, 3.63) is 30.5 Å². The SMILES string of the molecule is COc1cc(NC(=O)CCCCCl)c2ncccc2c1. The van der Waals surface area contributed by atoms with Crippen LogP contribution in [0.4, 0.5) is 5.69 Å². The summed E-state index contributed by atoms with van der Waals surface area (Å²) in [5.41, 5.74) is 1.44. The highest BCUT2D eigenvalue weighted by Crippen LogP contribution is 2.27. The zero-order chi connectivity index (χ0) is 14.4. The molecule has 0 spiro atoms. The second-order valence-electron chi connectivity index (χ2n) is 4.44. The van der Waals surface area contributed by atoms with E-state index >= 15 is 0 Å². The van der Waals surface area contributed by atoms with Crippen molar-refractivity contribution in [2.24, 2.45) is 0 Å². The fourth-order valence-electron chi connectivity index (χ4n) is 1.97. The third-order valence-corrected chi connectivity index (χ3v) is 3.24. The fourth-order valence-corrected chi connectivity index (χ4v) is 2.16. The molecule has 5 heteroatoms. The topological polar surface area (TPSA) is 51.2 Å². The highest BCUT2D eigenvalue weighted by Gasteiger charge is 2.09. The number of halogens is 1. The zero-order valence-electron chi connectivity index (χ0n) is 11.4. The number of methoxy groups -OCH3 is 1. The number of carbonyl (C=O) groups excluding carboxylic acids is 1. The number of fused-ring (bicyclic) bond motifs is 1. The van der Waals surface area contributed by atoms with Gasteiger partial charge in [0.2, 0.25) is 5.91 Å². The van der Waals surface area contributed by atoms with E-state index in [-0.39, 0.29) is 5.91 Å². The zero-order valence-corrected chi connectivity index (χ0v) is 12.1. The first kappa shape index (κ1) is 14.6. The number of nitrogens with one attached hydrogen (secondary N) is 1. The number of hydrogen-bond donors (Lipinski definition) is 1. The summed E-state index contributed by atoms with van der Waals surface area (Å²) in [5, 5.41) is 3.83. The van der Waals surface area contributed by atoms with Crippen molar-refractivity contribution in [1.29, 1.82) is 0 Å². The lowest BCUT2D eigenvalue weighted by molar-refractivity contribution is -0.116. The number of nitrogens with zero attached hydrogens (tertiary/aromatic N) is 1. The van der Waals surface area contributed by atoms with Crippen LogP contribution in [0.3, 0.4) is 0 Å². The molecule has 1 aromatic carbocycles. The second kappa shape index (κ2) is 7.10. The molecule has 2 aromatic rings. The first-order chi connectivity index (χ1) is 9.74. The maximum Gasteiger partial charge on any atom is 0.224 e. The van der Waals surface area contributed by atoms with Gasteiger partial charge in [0, 0.05) is 30.0 Å². The first-order valence-electron chi connectivity index (χ1n) is 6.53. The number of hydrogen-bond acceptors (Lipinski definition) is 3. The fraction of sp³-hybridized carbons (Fsp3) is 0.333. The number of pyridine rings is 1. The lowest BCUT2D eigenvalue weighted by Crippen LogP contribution is -2.12. The molecule has 0 saturated carbocycles. The Morgan fingerprint density at radius 1 is 1.40 bits per heavy atom. The number of rotatable bonds is 6. The Morgan fingerprint density at radius 3 is 3.00 bits per heavy atom. The molecule has 1 amide bonds. The molecule has 106 valence electrons. The van der Waals surface area contributed by atoms with Crippen molar-refractivity contribution in [3.8, 4) is 5.75 Å². The number of carbonyl (C=O) groups is 1. The van der Waals surface area contributed by atoms with Gasteiger partial charge in [0.15, 0.2) is 0 Å². The number of benzene rings is 1. The maximum atomic E-state index is 11.9. The molecule has 0 aliphatic heterocycles. The summed E-state index contributed by atoms with van der Waals surface area (Å²) < 4.78 is 5.25. The van der Waals surface area contributed by atoms with E-state index in [0.717, 1.165) is 23.7 Å². The molecule has 1 N–H and O–H groups in total. The molecule has 4 nitrogen and oxygen atoms in total. The van der Waals surface area contributed by atoms with Gasteiger partial charge in [0.1, 0.15) is 5.75 Å². The molecule has 0 radical (unpaired) electrons. The number of anilines is 1. The summed E-state index contributed by atoms with van der Waals surface area (Å²) in [7, 11) is 1.60. The van der Waals surface area contributed by atoms with Crippen LogP contribution < -0.4 is 10.1 Å². The van der Waals surface area contributed by atoms with E-state index in [1.54, 1.807) is 19.4 Å². The lowest BCUT2D eigenvalue weighted by atomic mass is 10.1. The van der Waals surface area contributed by atoms with Crippen LogP contribution in [0.5, 0.6) is 5.75 Å². The Hall–Kier alpha value is -1.81. The van der Waals surface area contributed by atoms with E-state index in [1.165, 1.54) is 0 Å². The van der Waals surface area contributed by atoms with Gasteiger partial charge in [-0.05, 0) is 25.0 Å². The molecule has 2 rings (SSSR count). The van der Waals surface area contributed by atoms with Crippen molar-refractivity contribution >= 4 is 34.1 Å². The second-order valence-corrected chi connectivity index (χ2v) is 4.82. The van der Waals surface area contributed by atoms with Gasteiger partial charge in [-0.25, -0.2) is 0 Å². The van der Waals surface area contributed by atoms with Crippen LogP contribution in [0, 0.1) is 0 Å². The Morgan fingerprint density at radius 2 is 2.25 bits per heavy atom. The van der Waals surface area contributed by atoms with Gasteiger partial charge in [-0.15, -0.1) is 11.6 Å². The molecule has 0 aliphatic carbocycles. The van der Waals surface area contributed by atoms with E-state index in [4.69, 9.17) is 16.3 Å². The Labute approximate surface area is 123 Å². The smallest absolute Gasteiger partial charge is 0.224 e. The van der Waals surface area contributed by atoms with E-state index in [2.05, 4.69) is 10.3 Å². The summed E-state index contributed by atoms with van der Waals surface area (Å²) in [4.78, 5) is 16.2. The lowest BCUT2D eigenvalue weighted by Gasteiger charge is -2.10. The predicted octanol–water partition coefficient (Wildman–Crippen LogP) is 3.59. The largest absolute Gasteiger partial charge is 0.497 e. The molecule has 1 heterocycles. The van der Waals surface area contributed by atoms with Gasteiger partial charge in [0.25, 0.3) is 0 Å². The number of ether oxygens (including phenoxy) is 1. The quantitative estimate of drug-likeness (QED) is 0.654. The van der Waals surface area contributed by atoms with E-state index < -0.39 is 0 Å². The van der Waals surface area contributed by atoms with Crippen LogP contribution in [0.25, 0.3) is 10.9 Å². The third kappa shape index (κ3) is 3.61. The van der Waals surface area contributed by atoms with Gasteiger partial charge in [0.05, 0.1) is 18.3 Å². The molecule has 0 aliphatic rings. The highest BCUT2D eigenvalue weighted by molar-refractivity contribution is 6.17. The molecule has 0 saturated heterocycles. The summed E-state index contributed by atoms with van der Waals surface area (Å²) in [6.45, 7) is 0. The number of amides is 1. The monoisotopic (exact) mass is 292 g/mol. The van der Waals surface area contributed by atoms with Crippen molar-refractivity contribution in [2.75, 3.05) is 18.3 Å². The molecular weight excluding hydrogens is 276 g/mol. The molecule has 0 fully saturated rings. The Balaban J connectivity index is 2.21. The number of unbranched alkanes of at least 4 members (excludes halogenated alkanes) is 1. The van der Waals surface area contributed by atoms with Crippen LogP contribution in [0.2, 0.25) is 0 Å². The Bertz CT molecular complexity index is 601. The van der Waals surface area contributed by atoms with Crippen molar-refractivity contribution in [3.63, 3.8) is 0 Å². The minimum atomic E-state index is -0.0321. The van der Waals surface area contributed by atoms with Gasteiger partial charge < -0.3 is 10.1 Å². The van der Waals surface area contributed by atoms with Crippen LogP contribution in [0.15, 0.2) is 30.5 Å². The average Bonchev–Trinajstić information content (AvgIpc) is 2.47. The number of alkyl halides is 1. The maximum absolute atomic E-state index is 11.9. The van der Waals surface area contributed by atoms with Gasteiger partial charge in [-0.3, -0.25) is 9.78 Å². The van der Waals surface area contributed by atoms with Crippen LogP contribution in [-0.2, 0) is 4.79 Å². The normalized spacial score (nSPS) is 10.5. The van der Waals surface area contributed by atoms with Crippen LogP contribution in [-0.4, -0.2) is 23.9 Å². The predicted molar refractivity (Wildman–Crippen MR) is 81.5 cm³/mol. The molecule has 20 heavy (non-hydrogen) atoms. The molecule has 0 atom stereocenters. The van der Waals surface area contributed by atoms with E-state index in [9.17, 15) is 4.79 Å². The van der Waals surface area contributed by atoms with Crippen LogP contribution in [0.1, 0.15) is 19.3 Å². The van der Waals surface area contributed by atoms with Gasteiger partial charge in [-0.2, -0.15) is 0 Å². The van der Waals surface area contributed by atoms with Crippen molar-refractivity contribution < 1.29 is 9.53 Å². The third-order valence-electron chi connectivity index (χ3n) is 2.98. The molecule has 0 unspecified atom stereocenters. The van der Waals surface area contributed by atoms with Crippen LogP contribution >= 0.6 is 11.6 Å². The number of aromatic nitrogens is 1. The highest BCUT2D eigenvalue weighted by atomic mass is 35.5. The Kier molecular flexibility index (Phi) is 5.18. The van der Waals surface area contributed by atoms with Gasteiger partial charge in [-0.1, -0.05) is 6.07 Å².